The Balaban J connectivity index is 2.17. The summed E-state index contributed by atoms with van der Waals surface area (Å²) in [4.78, 5) is 8.02. The molecule has 0 saturated heterocycles. The molecule has 0 aliphatic heterocycles. The molecule has 0 aliphatic rings. The molecule has 0 aromatic carbocycles. The summed E-state index contributed by atoms with van der Waals surface area (Å²) < 4.78 is 5.49. The van der Waals surface area contributed by atoms with Crippen molar-refractivity contribution in [3.05, 3.63) is 48.4 Å². The van der Waals surface area contributed by atoms with Gasteiger partial charge in [-0.05, 0) is 23.8 Å². The van der Waals surface area contributed by atoms with Gasteiger partial charge in [-0.3, -0.25) is 4.98 Å². The second-order valence-electron chi connectivity index (χ2n) is 3.00. The molecule has 0 atom stereocenters. The average molecular weight is 201 g/mol. The van der Waals surface area contributed by atoms with E-state index in [1.807, 2.05) is 24.3 Å². The van der Waals surface area contributed by atoms with Crippen LogP contribution in [0.3, 0.4) is 0 Å². The highest BCUT2D eigenvalue weighted by Gasteiger charge is 1.98. The Morgan fingerprint density at radius 2 is 2.20 bits per heavy atom. The highest BCUT2D eigenvalue weighted by molar-refractivity contribution is 5.26. The molecule has 2 N–H and O–H groups in total. The fourth-order valence-electron chi connectivity index (χ4n) is 1.16. The Morgan fingerprint density at radius 3 is 2.93 bits per heavy atom. The van der Waals surface area contributed by atoms with Crippen molar-refractivity contribution >= 4 is 0 Å². The van der Waals surface area contributed by atoms with Crippen LogP contribution < -0.4 is 10.5 Å². The van der Waals surface area contributed by atoms with Crippen molar-refractivity contribution in [2.75, 3.05) is 0 Å². The Kier molecular flexibility index (Phi) is 2.90. The highest BCUT2D eigenvalue weighted by Crippen LogP contribution is 2.17. The molecule has 0 spiro atoms. The van der Waals surface area contributed by atoms with E-state index in [-0.39, 0.29) is 0 Å². The standard InChI is InChI=1S/C11H11N3O/c12-7-9-3-5-14-11(6-9)15-10-2-1-4-13-8-10/h1-6,8H,7,12H2. The third kappa shape index (κ3) is 2.51. The van der Waals surface area contributed by atoms with Gasteiger partial charge in [0.25, 0.3) is 0 Å². The van der Waals surface area contributed by atoms with Crippen LogP contribution in [0.5, 0.6) is 11.6 Å². The van der Waals surface area contributed by atoms with Crippen LogP contribution in [0.1, 0.15) is 5.56 Å². The zero-order valence-electron chi connectivity index (χ0n) is 8.13. The lowest BCUT2D eigenvalue weighted by Gasteiger charge is -2.04. The molecule has 0 bridgehead atoms. The van der Waals surface area contributed by atoms with Gasteiger partial charge in [0.2, 0.25) is 5.88 Å². The lowest BCUT2D eigenvalue weighted by Crippen LogP contribution is -1.97. The molecule has 0 unspecified atom stereocenters. The molecule has 0 fully saturated rings. The Morgan fingerprint density at radius 1 is 1.27 bits per heavy atom. The Labute approximate surface area is 87.7 Å². The highest BCUT2D eigenvalue weighted by atomic mass is 16.5. The monoisotopic (exact) mass is 201 g/mol. The smallest absolute Gasteiger partial charge is 0.219 e. The maximum atomic E-state index is 5.52. The average Bonchev–Trinajstić information content (AvgIpc) is 2.31. The minimum Gasteiger partial charge on any atom is -0.437 e. The van der Waals surface area contributed by atoms with Gasteiger partial charge in [-0.25, -0.2) is 4.98 Å². The Hall–Kier alpha value is -1.94. The zero-order chi connectivity index (χ0) is 10.5. The van der Waals surface area contributed by atoms with Crippen LogP contribution in [0, 0.1) is 0 Å². The molecule has 2 heterocycles. The van der Waals surface area contributed by atoms with E-state index in [2.05, 4.69) is 9.97 Å². The first kappa shape index (κ1) is 9.61. The van der Waals surface area contributed by atoms with Crippen molar-refractivity contribution in [1.82, 2.24) is 9.97 Å². The molecule has 2 rings (SSSR count). The van der Waals surface area contributed by atoms with E-state index in [1.165, 1.54) is 0 Å². The lowest BCUT2D eigenvalue weighted by atomic mass is 10.3. The second kappa shape index (κ2) is 4.52. The van der Waals surface area contributed by atoms with Crippen LogP contribution >= 0.6 is 0 Å². The van der Waals surface area contributed by atoms with E-state index in [9.17, 15) is 0 Å². The van der Waals surface area contributed by atoms with E-state index in [0.717, 1.165) is 5.56 Å². The van der Waals surface area contributed by atoms with Gasteiger partial charge < -0.3 is 10.5 Å². The van der Waals surface area contributed by atoms with Crippen LogP contribution in [0.4, 0.5) is 0 Å². The van der Waals surface area contributed by atoms with Crippen LogP contribution in [-0.2, 0) is 6.54 Å². The fourth-order valence-corrected chi connectivity index (χ4v) is 1.16. The SMILES string of the molecule is NCc1ccnc(Oc2cccnc2)c1. The zero-order valence-corrected chi connectivity index (χ0v) is 8.13. The predicted octanol–water partition coefficient (Wildman–Crippen LogP) is 1.73. The largest absolute Gasteiger partial charge is 0.437 e. The number of hydrogen-bond donors (Lipinski definition) is 1. The molecule has 0 radical (unpaired) electrons. The van der Waals surface area contributed by atoms with Gasteiger partial charge in [-0.15, -0.1) is 0 Å². The van der Waals surface area contributed by atoms with E-state index < -0.39 is 0 Å². The normalized spacial score (nSPS) is 9.93. The summed E-state index contributed by atoms with van der Waals surface area (Å²) in [6.07, 6.45) is 5.00. The third-order valence-electron chi connectivity index (χ3n) is 1.89. The van der Waals surface area contributed by atoms with Gasteiger partial charge in [0.1, 0.15) is 5.75 Å². The molecule has 0 aliphatic carbocycles. The third-order valence-corrected chi connectivity index (χ3v) is 1.89. The van der Waals surface area contributed by atoms with Crippen molar-refractivity contribution in [3.63, 3.8) is 0 Å². The number of nitrogens with zero attached hydrogens (tertiary/aromatic N) is 2. The number of aromatic nitrogens is 2. The summed E-state index contributed by atoms with van der Waals surface area (Å²) in [6.45, 7) is 0.478. The molecular formula is C11H11N3O. The van der Waals surface area contributed by atoms with E-state index in [4.69, 9.17) is 10.5 Å². The molecule has 2 aromatic heterocycles. The Bertz CT molecular complexity index is 431. The van der Waals surface area contributed by atoms with Crippen molar-refractivity contribution in [2.45, 2.75) is 6.54 Å². The molecule has 15 heavy (non-hydrogen) atoms. The molecule has 2 aromatic rings. The molecule has 0 amide bonds. The molecule has 76 valence electrons. The topological polar surface area (TPSA) is 61.0 Å². The van der Waals surface area contributed by atoms with Gasteiger partial charge in [-0.1, -0.05) is 0 Å². The number of nitrogens with two attached hydrogens (primary N) is 1. The summed E-state index contributed by atoms with van der Waals surface area (Å²) in [6, 6.07) is 7.30. The summed E-state index contributed by atoms with van der Waals surface area (Å²) in [5.74, 6) is 1.20. The van der Waals surface area contributed by atoms with E-state index in [0.29, 0.717) is 18.2 Å². The predicted molar refractivity (Wildman–Crippen MR) is 56.4 cm³/mol. The van der Waals surface area contributed by atoms with Crippen molar-refractivity contribution in [3.8, 4) is 11.6 Å². The van der Waals surface area contributed by atoms with E-state index in [1.54, 1.807) is 18.6 Å². The first-order chi connectivity index (χ1) is 7.38. The molecule has 4 nitrogen and oxygen atoms in total. The molecule has 0 saturated carbocycles. The first-order valence-electron chi connectivity index (χ1n) is 4.61. The minimum atomic E-state index is 0.478. The first-order valence-corrected chi connectivity index (χ1v) is 4.61. The van der Waals surface area contributed by atoms with Crippen molar-refractivity contribution in [2.24, 2.45) is 5.73 Å². The molecule has 4 heteroatoms. The van der Waals surface area contributed by atoms with Gasteiger partial charge in [-0.2, -0.15) is 0 Å². The van der Waals surface area contributed by atoms with Gasteiger partial charge >= 0.3 is 0 Å². The fraction of sp³-hybridized carbons (Fsp3) is 0.0909. The number of hydrogen-bond acceptors (Lipinski definition) is 4. The molecular weight excluding hydrogens is 190 g/mol. The van der Waals surface area contributed by atoms with Gasteiger partial charge in [0.05, 0.1) is 6.20 Å². The van der Waals surface area contributed by atoms with Crippen LogP contribution in [0.2, 0.25) is 0 Å². The van der Waals surface area contributed by atoms with Crippen molar-refractivity contribution in [1.29, 1.82) is 0 Å². The maximum Gasteiger partial charge on any atom is 0.219 e. The second-order valence-corrected chi connectivity index (χ2v) is 3.00. The number of rotatable bonds is 3. The maximum absolute atomic E-state index is 5.52. The van der Waals surface area contributed by atoms with Crippen LogP contribution in [-0.4, -0.2) is 9.97 Å². The summed E-state index contributed by atoms with van der Waals surface area (Å²) >= 11 is 0. The van der Waals surface area contributed by atoms with Crippen molar-refractivity contribution < 1.29 is 4.74 Å². The summed E-state index contributed by atoms with van der Waals surface area (Å²) in [5.41, 5.74) is 6.51. The number of ether oxygens (including phenoxy) is 1. The van der Waals surface area contributed by atoms with Gasteiger partial charge in [0.15, 0.2) is 0 Å². The van der Waals surface area contributed by atoms with Crippen LogP contribution in [0.15, 0.2) is 42.9 Å². The lowest BCUT2D eigenvalue weighted by molar-refractivity contribution is 0.460. The minimum absolute atomic E-state index is 0.478. The number of pyridine rings is 2. The van der Waals surface area contributed by atoms with Gasteiger partial charge in [0, 0.05) is 25.0 Å². The van der Waals surface area contributed by atoms with E-state index >= 15 is 0 Å². The van der Waals surface area contributed by atoms with Crippen LogP contribution in [0.25, 0.3) is 0 Å². The summed E-state index contributed by atoms with van der Waals surface area (Å²) in [7, 11) is 0. The quantitative estimate of drug-likeness (QED) is 0.821. The summed E-state index contributed by atoms with van der Waals surface area (Å²) in [5, 5.41) is 0.